The minimum absolute atomic E-state index is 0.0170. The van der Waals surface area contributed by atoms with Crippen molar-refractivity contribution in [1.29, 1.82) is 0 Å². The number of benzene rings is 3. The second-order valence-electron chi connectivity index (χ2n) is 10.1. The van der Waals surface area contributed by atoms with Crippen LogP contribution < -0.4 is 9.62 Å². The molecular weight excluding hydrogens is 546 g/mol. The zero-order valence-corrected chi connectivity index (χ0v) is 25.3. The molecule has 214 valence electrons. The number of hydrogen-bond donors (Lipinski definition) is 1. The molecule has 0 saturated carbocycles. The van der Waals surface area contributed by atoms with Crippen LogP contribution in [-0.2, 0) is 26.0 Å². The molecule has 3 aromatic carbocycles. The van der Waals surface area contributed by atoms with Crippen LogP contribution in [0.15, 0.2) is 77.7 Å². The number of hydrogen-bond acceptors (Lipinski definition) is 4. The maximum atomic E-state index is 14.0. The first-order chi connectivity index (χ1) is 18.9. The summed E-state index contributed by atoms with van der Waals surface area (Å²) in [7, 11) is -4.14. The normalized spacial score (nSPS) is 12.2. The van der Waals surface area contributed by atoms with Gasteiger partial charge in [-0.25, -0.2) is 8.42 Å². The van der Waals surface area contributed by atoms with Gasteiger partial charge in [-0.2, -0.15) is 0 Å². The highest BCUT2D eigenvalue weighted by molar-refractivity contribution is 7.92. The van der Waals surface area contributed by atoms with Gasteiger partial charge in [0.15, 0.2) is 0 Å². The van der Waals surface area contributed by atoms with E-state index in [1.54, 1.807) is 12.1 Å². The first-order valence-electron chi connectivity index (χ1n) is 13.4. The summed E-state index contributed by atoms with van der Waals surface area (Å²) in [5, 5.41) is 3.31. The zero-order valence-electron chi connectivity index (χ0n) is 23.7. The van der Waals surface area contributed by atoms with Crippen molar-refractivity contribution in [1.82, 2.24) is 10.2 Å². The Kier molecular flexibility index (Phi) is 10.8. The molecule has 3 rings (SSSR count). The van der Waals surface area contributed by atoms with Crippen LogP contribution >= 0.6 is 11.6 Å². The Bertz CT molecular complexity index is 1410. The molecule has 1 N–H and O–H groups in total. The van der Waals surface area contributed by atoms with E-state index in [-0.39, 0.29) is 23.4 Å². The van der Waals surface area contributed by atoms with E-state index in [4.69, 9.17) is 11.6 Å². The summed E-state index contributed by atoms with van der Waals surface area (Å²) in [5.74, 6) is -0.727. The van der Waals surface area contributed by atoms with Crippen molar-refractivity contribution in [3.8, 4) is 0 Å². The van der Waals surface area contributed by atoms with Gasteiger partial charge in [0.05, 0.1) is 10.6 Å². The Morgan fingerprint density at radius 2 is 1.57 bits per heavy atom. The van der Waals surface area contributed by atoms with Crippen LogP contribution in [0.1, 0.15) is 43.9 Å². The predicted octanol–water partition coefficient (Wildman–Crippen LogP) is 5.53. The Morgan fingerprint density at radius 1 is 0.925 bits per heavy atom. The first-order valence-corrected chi connectivity index (χ1v) is 15.2. The minimum Gasteiger partial charge on any atom is -0.352 e. The summed E-state index contributed by atoms with van der Waals surface area (Å²) in [6, 6.07) is 20.0. The molecule has 0 bridgehead atoms. The molecule has 1 unspecified atom stereocenters. The van der Waals surface area contributed by atoms with Crippen molar-refractivity contribution < 1.29 is 18.0 Å². The monoisotopic (exact) mass is 583 g/mol. The van der Waals surface area contributed by atoms with Crippen LogP contribution in [0.4, 0.5) is 5.69 Å². The molecule has 1 atom stereocenters. The zero-order chi connectivity index (χ0) is 29.4. The lowest BCUT2D eigenvalue weighted by molar-refractivity contribution is -0.139. The van der Waals surface area contributed by atoms with E-state index >= 15 is 0 Å². The van der Waals surface area contributed by atoms with Crippen molar-refractivity contribution in [2.24, 2.45) is 0 Å². The van der Waals surface area contributed by atoms with Crippen molar-refractivity contribution in [2.45, 2.75) is 64.4 Å². The standard InChI is InChI=1S/C31H38ClN3O4S/c1-6-29(31(37)33-22(2)3)34(19-18-25-10-8-7-9-11-25)30(36)21-35(27-15-12-23(4)24(5)20-27)40(38,39)28-16-13-26(32)14-17-28/h7-17,20,22,29H,6,18-19,21H2,1-5H3,(H,33,37). The quantitative estimate of drug-likeness (QED) is 0.304. The number of carbonyl (C=O) groups excluding carboxylic acids is 2. The Morgan fingerprint density at radius 3 is 2.15 bits per heavy atom. The largest absolute Gasteiger partial charge is 0.352 e. The number of rotatable bonds is 12. The molecule has 0 aliphatic heterocycles. The molecule has 7 nitrogen and oxygen atoms in total. The van der Waals surface area contributed by atoms with E-state index in [0.29, 0.717) is 23.6 Å². The number of aryl methyl sites for hydroxylation is 2. The SMILES string of the molecule is CCC(C(=O)NC(C)C)N(CCc1ccccc1)C(=O)CN(c1ccc(C)c(C)c1)S(=O)(=O)c1ccc(Cl)cc1. The number of sulfonamides is 1. The lowest BCUT2D eigenvalue weighted by Gasteiger charge is -2.33. The number of nitrogens with zero attached hydrogens (tertiary/aromatic N) is 2. The molecule has 0 aliphatic rings. The molecule has 0 spiro atoms. The molecule has 3 aromatic rings. The van der Waals surface area contributed by atoms with E-state index in [1.807, 2.05) is 71.0 Å². The molecule has 2 amide bonds. The molecular formula is C31H38ClN3O4S. The third kappa shape index (κ3) is 7.86. The van der Waals surface area contributed by atoms with E-state index in [1.165, 1.54) is 29.2 Å². The molecule has 0 aromatic heterocycles. The highest BCUT2D eigenvalue weighted by Crippen LogP contribution is 2.27. The second kappa shape index (κ2) is 13.8. The summed E-state index contributed by atoms with van der Waals surface area (Å²) < 4.78 is 29.0. The highest BCUT2D eigenvalue weighted by atomic mass is 35.5. The Balaban J connectivity index is 2.03. The summed E-state index contributed by atoms with van der Waals surface area (Å²) >= 11 is 6.02. The lowest BCUT2D eigenvalue weighted by atomic mass is 10.1. The van der Waals surface area contributed by atoms with Crippen molar-refractivity contribution in [3.63, 3.8) is 0 Å². The molecule has 0 fully saturated rings. The van der Waals surface area contributed by atoms with Crippen LogP contribution in [0, 0.1) is 13.8 Å². The van der Waals surface area contributed by atoms with Crippen LogP contribution in [-0.4, -0.2) is 50.3 Å². The lowest BCUT2D eigenvalue weighted by Crippen LogP contribution is -2.54. The maximum absolute atomic E-state index is 14.0. The molecule has 0 saturated heterocycles. The summed E-state index contributed by atoms with van der Waals surface area (Å²) in [6.07, 6.45) is 0.901. The smallest absolute Gasteiger partial charge is 0.264 e. The molecule has 0 heterocycles. The first kappa shape index (κ1) is 31.2. The van der Waals surface area contributed by atoms with Crippen LogP contribution in [0.2, 0.25) is 5.02 Å². The second-order valence-corrected chi connectivity index (χ2v) is 12.4. The van der Waals surface area contributed by atoms with E-state index in [9.17, 15) is 18.0 Å². The average molecular weight is 584 g/mol. The topological polar surface area (TPSA) is 86.8 Å². The summed E-state index contributed by atoms with van der Waals surface area (Å²) in [5.41, 5.74) is 3.28. The number of amides is 2. The van der Waals surface area contributed by atoms with Gasteiger partial charge in [0.25, 0.3) is 10.0 Å². The van der Waals surface area contributed by atoms with Gasteiger partial charge in [0.1, 0.15) is 12.6 Å². The van der Waals surface area contributed by atoms with Gasteiger partial charge in [-0.1, -0.05) is 54.9 Å². The Hall–Kier alpha value is -3.36. The van der Waals surface area contributed by atoms with E-state index < -0.39 is 28.5 Å². The Labute approximate surface area is 243 Å². The highest BCUT2D eigenvalue weighted by Gasteiger charge is 2.33. The maximum Gasteiger partial charge on any atom is 0.264 e. The average Bonchev–Trinajstić information content (AvgIpc) is 2.91. The van der Waals surface area contributed by atoms with E-state index in [0.717, 1.165) is 21.0 Å². The third-order valence-electron chi connectivity index (χ3n) is 6.76. The van der Waals surface area contributed by atoms with Gasteiger partial charge in [0.2, 0.25) is 11.8 Å². The molecule has 0 aliphatic carbocycles. The molecule has 0 radical (unpaired) electrons. The number of carbonyl (C=O) groups is 2. The number of anilines is 1. The minimum atomic E-state index is -4.14. The predicted molar refractivity (Wildman–Crippen MR) is 161 cm³/mol. The van der Waals surface area contributed by atoms with Crippen LogP contribution in [0.5, 0.6) is 0 Å². The van der Waals surface area contributed by atoms with Crippen LogP contribution in [0.3, 0.4) is 0 Å². The molecule has 9 heteroatoms. The van der Waals surface area contributed by atoms with Crippen molar-refractivity contribution in [3.05, 3.63) is 94.5 Å². The van der Waals surface area contributed by atoms with Gasteiger partial charge in [-0.3, -0.25) is 13.9 Å². The van der Waals surface area contributed by atoms with Crippen molar-refractivity contribution >= 4 is 39.1 Å². The fourth-order valence-corrected chi connectivity index (χ4v) is 5.95. The van der Waals surface area contributed by atoms with Gasteiger partial charge in [-0.15, -0.1) is 0 Å². The summed E-state index contributed by atoms with van der Waals surface area (Å²) in [6.45, 7) is 9.19. The van der Waals surface area contributed by atoms with Gasteiger partial charge >= 0.3 is 0 Å². The van der Waals surface area contributed by atoms with Gasteiger partial charge in [-0.05, 0) is 93.6 Å². The fraction of sp³-hybridized carbons (Fsp3) is 0.355. The van der Waals surface area contributed by atoms with Gasteiger partial charge < -0.3 is 10.2 Å². The third-order valence-corrected chi connectivity index (χ3v) is 8.80. The van der Waals surface area contributed by atoms with E-state index in [2.05, 4.69) is 5.32 Å². The van der Waals surface area contributed by atoms with Crippen LogP contribution in [0.25, 0.3) is 0 Å². The number of halogens is 1. The molecule has 40 heavy (non-hydrogen) atoms. The van der Waals surface area contributed by atoms with Crippen molar-refractivity contribution in [2.75, 3.05) is 17.4 Å². The van der Waals surface area contributed by atoms with Gasteiger partial charge in [0, 0.05) is 17.6 Å². The summed E-state index contributed by atoms with van der Waals surface area (Å²) in [4.78, 5) is 28.7. The fourth-order valence-electron chi connectivity index (χ4n) is 4.42. The number of nitrogens with one attached hydrogen (secondary N) is 1.